The first kappa shape index (κ1) is 16.1. The summed E-state index contributed by atoms with van der Waals surface area (Å²) < 4.78 is 11.3. The summed E-state index contributed by atoms with van der Waals surface area (Å²) in [6, 6.07) is 16.4. The fourth-order valence-corrected chi connectivity index (χ4v) is 3.83. The molecule has 0 atom stereocenters. The summed E-state index contributed by atoms with van der Waals surface area (Å²) in [7, 11) is 0. The summed E-state index contributed by atoms with van der Waals surface area (Å²) in [5.41, 5.74) is 3.09. The Morgan fingerprint density at radius 2 is 1.78 bits per heavy atom. The van der Waals surface area contributed by atoms with Gasteiger partial charge in [-0.15, -0.1) is 11.3 Å². The Kier molecular flexibility index (Phi) is 4.10. The van der Waals surface area contributed by atoms with Gasteiger partial charge in [-0.2, -0.15) is 0 Å². The highest BCUT2D eigenvalue weighted by Gasteiger charge is 2.13. The van der Waals surface area contributed by atoms with E-state index in [4.69, 9.17) is 9.47 Å². The summed E-state index contributed by atoms with van der Waals surface area (Å²) in [6.45, 7) is 1.93. The number of fused-ring (bicyclic) bond motifs is 2. The van der Waals surface area contributed by atoms with E-state index < -0.39 is 0 Å². The fourth-order valence-electron chi connectivity index (χ4n) is 3.18. The number of hydrogen-bond acceptors (Lipinski definition) is 6. The van der Waals surface area contributed by atoms with Crippen LogP contribution in [0.15, 0.2) is 60.2 Å². The highest BCUT2D eigenvalue weighted by molar-refractivity contribution is 7.09. The van der Waals surface area contributed by atoms with Gasteiger partial charge in [0.25, 0.3) is 0 Å². The molecule has 0 fully saturated rings. The molecule has 1 aliphatic heterocycles. The fraction of sp³-hybridized carbons (Fsp3) is 0.143. The lowest BCUT2D eigenvalue weighted by Gasteiger charge is -2.19. The molecule has 0 spiro atoms. The van der Waals surface area contributed by atoms with Crippen LogP contribution in [-0.4, -0.2) is 23.2 Å². The molecule has 134 valence electrons. The van der Waals surface area contributed by atoms with Crippen molar-refractivity contribution in [2.75, 3.05) is 18.5 Å². The molecular formula is C21H17N3O2S. The topological polar surface area (TPSA) is 56.3 Å². The van der Waals surface area contributed by atoms with Crippen LogP contribution < -0.4 is 14.8 Å². The van der Waals surface area contributed by atoms with Gasteiger partial charge in [-0.05, 0) is 46.8 Å². The monoisotopic (exact) mass is 375 g/mol. The average molecular weight is 375 g/mol. The van der Waals surface area contributed by atoms with Crippen molar-refractivity contribution in [3.05, 3.63) is 65.1 Å². The molecular weight excluding hydrogens is 358 g/mol. The molecule has 27 heavy (non-hydrogen) atoms. The first-order chi connectivity index (χ1) is 13.4. The molecule has 1 N–H and O–H groups in total. The minimum absolute atomic E-state index is 0.582. The van der Waals surface area contributed by atoms with E-state index in [1.165, 1.54) is 4.88 Å². The van der Waals surface area contributed by atoms with Crippen LogP contribution in [0.2, 0.25) is 0 Å². The number of hydrogen-bond donors (Lipinski definition) is 1. The van der Waals surface area contributed by atoms with E-state index in [1.807, 2.05) is 18.2 Å². The third-order valence-corrected chi connectivity index (χ3v) is 5.40. The van der Waals surface area contributed by atoms with E-state index >= 15 is 0 Å². The summed E-state index contributed by atoms with van der Waals surface area (Å²) in [5, 5.41) is 6.51. The van der Waals surface area contributed by atoms with Crippen molar-refractivity contribution in [1.82, 2.24) is 9.97 Å². The molecule has 2 aromatic carbocycles. The molecule has 0 radical (unpaired) electrons. The van der Waals surface area contributed by atoms with Crippen LogP contribution in [0, 0.1) is 0 Å². The first-order valence-electron chi connectivity index (χ1n) is 8.78. The zero-order valence-electron chi connectivity index (χ0n) is 14.5. The van der Waals surface area contributed by atoms with Gasteiger partial charge in [0.15, 0.2) is 11.5 Å². The van der Waals surface area contributed by atoms with Gasteiger partial charge in [0.05, 0.1) is 12.1 Å². The van der Waals surface area contributed by atoms with Gasteiger partial charge in [0, 0.05) is 10.3 Å². The molecule has 5 nitrogen and oxygen atoms in total. The predicted molar refractivity (Wildman–Crippen MR) is 108 cm³/mol. The average Bonchev–Trinajstić information content (AvgIpc) is 3.25. The zero-order valence-corrected chi connectivity index (χ0v) is 15.3. The second kappa shape index (κ2) is 6.89. The Bertz CT molecular complexity index is 1100. The van der Waals surface area contributed by atoms with Crippen molar-refractivity contribution in [1.29, 1.82) is 0 Å². The summed E-state index contributed by atoms with van der Waals surface area (Å²) in [4.78, 5) is 10.1. The lowest BCUT2D eigenvalue weighted by atomic mass is 10.0. The Morgan fingerprint density at radius 3 is 2.67 bits per heavy atom. The molecule has 3 heterocycles. The number of nitrogens with one attached hydrogen (secondary N) is 1. The van der Waals surface area contributed by atoms with Crippen molar-refractivity contribution in [2.45, 2.75) is 6.54 Å². The first-order valence-corrected chi connectivity index (χ1v) is 9.66. The largest absolute Gasteiger partial charge is 0.486 e. The molecule has 0 saturated carbocycles. The standard InChI is InChI=1S/C21H17N3O2S/c1-2-16(27-9-1)12-22-21-17-10-14(3-5-18(17)23-13-24-21)15-4-6-19-20(11-15)26-8-7-25-19/h1-6,9-11,13H,7-8,12H2,(H,22,23,24). The number of ether oxygens (including phenoxy) is 2. The van der Waals surface area contributed by atoms with Crippen LogP contribution in [0.25, 0.3) is 22.0 Å². The SMILES string of the molecule is c1csc(CNc2ncnc3ccc(-c4ccc5c(c4)OCCO5)cc23)c1. The van der Waals surface area contributed by atoms with Crippen molar-refractivity contribution < 1.29 is 9.47 Å². The van der Waals surface area contributed by atoms with E-state index in [9.17, 15) is 0 Å². The third kappa shape index (κ3) is 3.19. The molecule has 6 heteroatoms. The summed E-state index contributed by atoms with van der Waals surface area (Å²) >= 11 is 1.73. The highest BCUT2D eigenvalue weighted by atomic mass is 32.1. The number of benzene rings is 2. The van der Waals surface area contributed by atoms with Gasteiger partial charge in [0.1, 0.15) is 25.4 Å². The van der Waals surface area contributed by atoms with Crippen molar-refractivity contribution >= 4 is 28.1 Å². The Labute approximate surface area is 160 Å². The van der Waals surface area contributed by atoms with Crippen LogP contribution in [0.5, 0.6) is 11.5 Å². The van der Waals surface area contributed by atoms with E-state index in [2.05, 4.69) is 51.0 Å². The molecule has 0 amide bonds. The minimum Gasteiger partial charge on any atom is -0.486 e. The Balaban J connectivity index is 1.51. The van der Waals surface area contributed by atoms with Crippen LogP contribution in [0.4, 0.5) is 5.82 Å². The molecule has 0 saturated heterocycles. The molecule has 0 bridgehead atoms. The van der Waals surface area contributed by atoms with Gasteiger partial charge in [-0.1, -0.05) is 18.2 Å². The summed E-state index contributed by atoms with van der Waals surface area (Å²) in [5.74, 6) is 2.43. The van der Waals surface area contributed by atoms with Gasteiger partial charge < -0.3 is 14.8 Å². The van der Waals surface area contributed by atoms with E-state index in [0.29, 0.717) is 13.2 Å². The Morgan fingerprint density at radius 1 is 0.926 bits per heavy atom. The number of anilines is 1. The molecule has 4 aromatic rings. The maximum atomic E-state index is 5.72. The highest BCUT2D eigenvalue weighted by Crippen LogP contribution is 2.35. The van der Waals surface area contributed by atoms with Crippen LogP contribution >= 0.6 is 11.3 Å². The number of aromatic nitrogens is 2. The van der Waals surface area contributed by atoms with E-state index in [1.54, 1.807) is 17.7 Å². The van der Waals surface area contributed by atoms with Crippen LogP contribution in [-0.2, 0) is 6.54 Å². The minimum atomic E-state index is 0.582. The van der Waals surface area contributed by atoms with E-state index in [0.717, 1.165) is 45.9 Å². The maximum Gasteiger partial charge on any atom is 0.161 e. The number of rotatable bonds is 4. The smallest absolute Gasteiger partial charge is 0.161 e. The van der Waals surface area contributed by atoms with Crippen molar-refractivity contribution in [2.24, 2.45) is 0 Å². The lowest BCUT2D eigenvalue weighted by molar-refractivity contribution is 0.171. The molecule has 1 aliphatic rings. The zero-order chi connectivity index (χ0) is 18.1. The van der Waals surface area contributed by atoms with Gasteiger partial charge in [0.2, 0.25) is 0 Å². The normalized spacial score (nSPS) is 12.9. The maximum absolute atomic E-state index is 5.72. The lowest BCUT2D eigenvalue weighted by Crippen LogP contribution is -2.15. The van der Waals surface area contributed by atoms with Crippen LogP contribution in [0.1, 0.15) is 4.88 Å². The second-order valence-corrected chi connectivity index (χ2v) is 7.28. The van der Waals surface area contributed by atoms with Crippen LogP contribution in [0.3, 0.4) is 0 Å². The van der Waals surface area contributed by atoms with Crippen molar-refractivity contribution in [3.63, 3.8) is 0 Å². The van der Waals surface area contributed by atoms with Crippen molar-refractivity contribution in [3.8, 4) is 22.6 Å². The summed E-state index contributed by atoms with van der Waals surface area (Å²) in [6.07, 6.45) is 1.60. The number of nitrogens with zero attached hydrogens (tertiary/aromatic N) is 2. The predicted octanol–water partition coefficient (Wildman–Crippen LogP) is 4.74. The molecule has 5 rings (SSSR count). The van der Waals surface area contributed by atoms with Gasteiger partial charge >= 0.3 is 0 Å². The van der Waals surface area contributed by atoms with Gasteiger partial charge in [-0.25, -0.2) is 9.97 Å². The molecule has 2 aromatic heterocycles. The second-order valence-electron chi connectivity index (χ2n) is 6.25. The van der Waals surface area contributed by atoms with E-state index in [-0.39, 0.29) is 0 Å². The van der Waals surface area contributed by atoms with Gasteiger partial charge in [-0.3, -0.25) is 0 Å². The molecule has 0 unspecified atom stereocenters. The Hall–Kier alpha value is -3.12. The molecule has 0 aliphatic carbocycles. The third-order valence-electron chi connectivity index (χ3n) is 4.52. The number of thiophene rings is 1. The quantitative estimate of drug-likeness (QED) is 0.558.